The number of hydrogen-bond acceptors (Lipinski definition) is 4. The minimum absolute atomic E-state index is 0.105. The smallest absolute Gasteiger partial charge is 0.234 e. The van der Waals surface area contributed by atoms with E-state index in [-0.39, 0.29) is 12.5 Å². The summed E-state index contributed by atoms with van der Waals surface area (Å²) in [5.74, 6) is 0.105. The van der Waals surface area contributed by atoms with Gasteiger partial charge in [-0.1, -0.05) is 0 Å². The van der Waals surface area contributed by atoms with Crippen molar-refractivity contribution in [2.75, 3.05) is 52.4 Å². The van der Waals surface area contributed by atoms with Gasteiger partial charge in [-0.15, -0.1) is 0 Å². The van der Waals surface area contributed by atoms with Crippen molar-refractivity contribution in [2.45, 2.75) is 6.92 Å². The lowest BCUT2D eigenvalue weighted by molar-refractivity contribution is -0.122. The van der Waals surface area contributed by atoms with Crippen LogP contribution in [-0.4, -0.2) is 73.2 Å². The van der Waals surface area contributed by atoms with Crippen molar-refractivity contribution in [1.29, 1.82) is 0 Å². The first-order chi connectivity index (χ1) is 7.26. The van der Waals surface area contributed by atoms with E-state index in [1.54, 1.807) is 0 Å². The van der Waals surface area contributed by atoms with Crippen LogP contribution in [-0.2, 0) is 4.79 Å². The molecule has 1 rings (SSSR count). The maximum absolute atomic E-state index is 11.3. The minimum Gasteiger partial charge on any atom is -0.395 e. The second kappa shape index (κ2) is 6.76. The summed E-state index contributed by atoms with van der Waals surface area (Å²) in [4.78, 5) is 15.7. The molecule has 15 heavy (non-hydrogen) atoms. The molecule has 5 heteroatoms. The van der Waals surface area contributed by atoms with Gasteiger partial charge in [-0.2, -0.15) is 0 Å². The Balaban J connectivity index is 2.16. The van der Waals surface area contributed by atoms with Gasteiger partial charge in [0.2, 0.25) is 5.91 Å². The molecular formula is C10H21N3O2. The maximum atomic E-state index is 11.3. The highest BCUT2D eigenvalue weighted by Crippen LogP contribution is 2.00. The molecule has 0 aromatic heterocycles. The van der Waals surface area contributed by atoms with E-state index in [0.29, 0.717) is 13.1 Å². The maximum Gasteiger partial charge on any atom is 0.234 e. The topological polar surface area (TPSA) is 55.8 Å². The fraction of sp³-hybridized carbons (Fsp3) is 0.900. The Bertz CT molecular complexity index is 191. The first-order valence-corrected chi connectivity index (χ1v) is 5.58. The van der Waals surface area contributed by atoms with E-state index >= 15 is 0 Å². The molecule has 5 nitrogen and oxygen atoms in total. The Labute approximate surface area is 91.0 Å². The second-order valence-corrected chi connectivity index (χ2v) is 3.79. The number of likely N-dealkylation sites (N-methyl/N-ethyl adjacent to an activating group) is 1. The third kappa shape index (κ3) is 4.59. The van der Waals surface area contributed by atoms with Crippen LogP contribution in [0, 0.1) is 0 Å². The van der Waals surface area contributed by atoms with E-state index in [1.807, 2.05) is 6.92 Å². The average Bonchev–Trinajstić information content (AvgIpc) is 2.22. The molecule has 0 saturated carbocycles. The molecule has 0 aromatic carbocycles. The van der Waals surface area contributed by atoms with Gasteiger partial charge in [0, 0.05) is 39.3 Å². The Kier molecular flexibility index (Phi) is 5.60. The van der Waals surface area contributed by atoms with Crippen LogP contribution in [0.3, 0.4) is 0 Å². The van der Waals surface area contributed by atoms with Crippen molar-refractivity contribution < 1.29 is 9.90 Å². The van der Waals surface area contributed by atoms with Crippen LogP contribution in [0.4, 0.5) is 0 Å². The normalized spacial score (nSPS) is 19.1. The predicted molar refractivity (Wildman–Crippen MR) is 58.6 cm³/mol. The van der Waals surface area contributed by atoms with Gasteiger partial charge in [0.05, 0.1) is 13.2 Å². The Morgan fingerprint density at radius 3 is 2.40 bits per heavy atom. The van der Waals surface area contributed by atoms with Gasteiger partial charge in [-0.25, -0.2) is 0 Å². The largest absolute Gasteiger partial charge is 0.395 e. The lowest BCUT2D eigenvalue weighted by Gasteiger charge is -2.33. The van der Waals surface area contributed by atoms with Crippen molar-refractivity contribution in [3.05, 3.63) is 0 Å². The molecule has 1 aliphatic rings. The van der Waals surface area contributed by atoms with E-state index in [2.05, 4.69) is 15.1 Å². The quantitative estimate of drug-likeness (QED) is 0.600. The van der Waals surface area contributed by atoms with Gasteiger partial charge in [-0.05, 0) is 6.92 Å². The van der Waals surface area contributed by atoms with Gasteiger partial charge in [0.25, 0.3) is 0 Å². The van der Waals surface area contributed by atoms with Crippen molar-refractivity contribution in [3.8, 4) is 0 Å². The number of carbonyl (C=O) groups excluding carboxylic acids is 1. The summed E-state index contributed by atoms with van der Waals surface area (Å²) in [6.45, 7) is 7.81. The molecule has 0 spiro atoms. The zero-order valence-corrected chi connectivity index (χ0v) is 9.41. The summed E-state index contributed by atoms with van der Waals surface area (Å²) >= 11 is 0. The highest BCUT2D eigenvalue weighted by Gasteiger charge is 2.17. The summed E-state index contributed by atoms with van der Waals surface area (Å²) in [7, 11) is 0. The first kappa shape index (κ1) is 12.4. The van der Waals surface area contributed by atoms with Crippen LogP contribution in [0.1, 0.15) is 6.92 Å². The van der Waals surface area contributed by atoms with E-state index < -0.39 is 0 Å². The Hall–Kier alpha value is -0.650. The fourth-order valence-corrected chi connectivity index (χ4v) is 1.77. The van der Waals surface area contributed by atoms with Gasteiger partial charge in [0.1, 0.15) is 0 Å². The third-order valence-corrected chi connectivity index (χ3v) is 2.62. The molecule has 1 amide bonds. The van der Waals surface area contributed by atoms with Crippen molar-refractivity contribution in [1.82, 2.24) is 15.1 Å². The van der Waals surface area contributed by atoms with Crippen molar-refractivity contribution in [3.63, 3.8) is 0 Å². The number of nitrogens with one attached hydrogen (secondary N) is 1. The van der Waals surface area contributed by atoms with Gasteiger partial charge in [-0.3, -0.25) is 14.6 Å². The molecule has 1 aliphatic heterocycles. The number of hydrogen-bond donors (Lipinski definition) is 2. The molecule has 2 N–H and O–H groups in total. The first-order valence-electron chi connectivity index (χ1n) is 5.58. The summed E-state index contributed by atoms with van der Waals surface area (Å²) in [5.41, 5.74) is 0. The molecule has 1 saturated heterocycles. The number of piperazine rings is 1. The molecule has 88 valence electrons. The molecule has 1 heterocycles. The number of rotatable bonds is 5. The van der Waals surface area contributed by atoms with Crippen LogP contribution in [0.2, 0.25) is 0 Å². The number of nitrogens with zero attached hydrogens (tertiary/aromatic N) is 2. The van der Waals surface area contributed by atoms with Crippen LogP contribution in [0.25, 0.3) is 0 Å². The monoisotopic (exact) mass is 215 g/mol. The number of aliphatic hydroxyl groups is 1. The number of β-amino-alcohol motifs (C(OH)–C–C–N with tert-alkyl or cyclic N) is 1. The van der Waals surface area contributed by atoms with Crippen LogP contribution in [0.15, 0.2) is 0 Å². The zero-order valence-electron chi connectivity index (χ0n) is 9.41. The second-order valence-electron chi connectivity index (χ2n) is 3.79. The number of aliphatic hydroxyl groups excluding tert-OH is 1. The van der Waals surface area contributed by atoms with Crippen molar-refractivity contribution in [2.24, 2.45) is 0 Å². The fourth-order valence-electron chi connectivity index (χ4n) is 1.77. The summed E-state index contributed by atoms with van der Waals surface area (Å²) in [6, 6.07) is 0. The minimum atomic E-state index is 0.105. The van der Waals surface area contributed by atoms with E-state index in [1.165, 1.54) is 0 Å². The molecule has 0 aliphatic carbocycles. The SMILES string of the molecule is CCNC(=O)CN1CCN(CCO)CC1. The number of carbonyl (C=O) groups is 1. The molecule has 0 atom stereocenters. The highest BCUT2D eigenvalue weighted by molar-refractivity contribution is 5.77. The number of amides is 1. The summed E-state index contributed by atoms with van der Waals surface area (Å²) in [6.07, 6.45) is 0. The highest BCUT2D eigenvalue weighted by atomic mass is 16.3. The van der Waals surface area contributed by atoms with Crippen LogP contribution < -0.4 is 5.32 Å². The molecule has 0 aromatic rings. The molecule has 0 bridgehead atoms. The Morgan fingerprint density at radius 2 is 1.87 bits per heavy atom. The molecule has 0 unspecified atom stereocenters. The molecule has 1 fully saturated rings. The summed E-state index contributed by atoms with van der Waals surface area (Å²) < 4.78 is 0. The molecule has 0 radical (unpaired) electrons. The van der Waals surface area contributed by atoms with Crippen molar-refractivity contribution >= 4 is 5.91 Å². The van der Waals surface area contributed by atoms with E-state index in [4.69, 9.17) is 5.11 Å². The van der Waals surface area contributed by atoms with E-state index in [0.717, 1.165) is 32.7 Å². The van der Waals surface area contributed by atoms with E-state index in [9.17, 15) is 4.79 Å². The van der Waals surface area contributed by atoms with Gasteiger partial charge in [0.15, 0.2) is 0 Å². The third-order valence-electron chi connectivity index (χ3n) is 2.62. The van der Waals surface area contributed by atoms with Crippen LogP contribution >= 0.6 is 0 Å². The molecular weight excluding hydrogens is 194 g/mol. The Morgan fingerprint density at radius 1 is 1.27 bits per heavy atom. The standard InChI is InChI=1S/C10H21N3O2/c1-2-11-10(15)9-13-5-3-12(4-6-13)7-8-14/h14H,2-9H2,1H3,(H,11,15). The zero-order chi connectivity index (χ0) is 11.1. The van der Waals surface area contributed by atoms with Gasteiger partial charge >= 0.3 is 0 Å². The summed E-state index contributed by atoms with van der Waals surface area (Å²) in [5, 5.41) is 11.6. The lowest BCUT2D eigenvalue weighted by Crippen LogP contribution is -2.49. The van der Waals surface area contributed by atoms with Crippen LogP contribution in [0.5, 0.6) is 0 Å². The lowest BCUT2D eigenvalue weighted by atomic mass is 10.3. The predicted octanol–water partition coefficient (Wildman–Crippen LogP) is -1.27. The average molecular weight is 215 g/mol. The van der Waals surface area contributed by atoms with Gasteiger partial charge < -0.3 is 10.4 Å².